The van der Waals surface area contributed by atoms with E-state index in [4.69, 9.17) is 5.11 Å². The Morgan fingerprint density at radius 2 is 1.72 bits per heavy atom. The second-order valence-electron chi connectivity index (χ2n) is 4.66. The van der Waals surface area contributed by atoms with Crippen molar-refractivity contribution in [2.75, 3.05) is 45.9 Å². The smallest absolute Gasteiger partial charge is 0.0918 e. The molecule has 5 nitrogen and oxygen atoms in total. The van der Waals surface area contributed by atoms with Crippen molar-refractivity contribution in [1.29, 1.82) is 0 Å². The second-order valence-corrected chi connectivity index (χ2v) is 4.66. The molecule has 100 valence electrons. The molecule has 0 amide bonds. The van der Waals surface area contributed by atoms with E-state index in [9.17, 15) is 5.11 Å². The Hall–Kier alpha value is -1.01. The predicted molar refractivity (Wildman–Crippen MR) is 69.2 cm³/mol. The van der Waals surface area contributed by atoms with Gasteiger partial charge in [0.25, 0.3) is 0 Å². The molecular weight excluding hydrogens is 230 g/mol. The number of aromatic nitrogens is 1. The lowest BCUT2D eigenvalue weighted by Gasteiger charge is -2.35. The number of rotatable bonds is 5. The van der Waals surface area contributed by atoms with Crippen molar-refractivity contribution in [2.45, 2.75) is 6.10 Å². The number of piperazine rings is 1. The van der Waals surface area contributed by atoms with Gasteiger partial charge in [-0.1, -0.05) is 0 Å². The fraction of sp³-hybridized carbons (Fsp3) is 0.615. The number of nitrogens with zero attached hydrogens (tertiary/aromatic N) is 3. The summed E-state index contributed by atoms with van der Waals surface area (Å²) < 4.78 is 0. The summed E-state index contributed by atoms with van der Waals surface area (Å²) in [6.45, 7) is 5.45. The van der Waals surface area contributed by atoms with Gasteiger partial charge in [0.05, 0.1) is 12.7 Å². The van der Waals surface area contributed by atoms with Crippen LogP contribution in [0.3, 0.4) is 0 Å². The number of hydrogen-bond acceptors (Lipinski definition) is 5. The largest absolute Gasteiger partial charge is 0.395 e. The first-order valence-corrected chi connectivity index (χ1v) is 6.43. The number of β-amino-alcohol motifs (C(OH)–C–C–N with tert-alkyl or cyclic N) is 2. The van der Waals surface area contributed by atoms with Gasteiger partial charge in [-0.25, -0.2) is 0 Å². The molecule has 1 aliphatic heterocycles. The highest BCUT2D eigenvalue weighted by Crippen LogP contribution is 2.14. The molecule has 1 aromatic rings. The lowest BCUT2D eigenvalue weighted by Crippen LogP contribution is -2.48. The minimum atomic E-state index is -0.447. The van der Waals surface area contributed by atoms with Crippen LogP contribution in [0, 0.1) is 0 Å². The van der Waals surface area contributed by atoms with E-state index in [-0.39, 0.29) is 6.61 Å². The molecule has 1 aliphatic rings. The third-order valence-corrected chi connectivity index (χ3v) is 3.40. The zero-order valence-electron chi connectivity index (χ0n) is 10.6. The molecule has 1 saturated heterocycles. The third-order valence-electron chi connectivity index (χ3n) is 3.40. The molecule has 1 aromatic heterocycles. The van der Waals surface area contributed by atoms with Crippen LogP contribution >= 0.6 is 0 Å². The lowest BCUT2D eigenvalue weighted by atomic mass is 10.1. The molecule has 0 aliphatic carbocycles. The van der Waals surface area contributed by atoms with Crippen molar-refractivity contribution < 1.29 is 10.2 Å². The minimum Gasteiger partial charge on any atom is -0.395 e. The molecule has 2 heterocycles. The highest BCUT2D eigenvalue weighted by atomic mass is 16.3. The van der Waals surface area contributed by atoms with Gasteiger partial charge in [0.15, 0.2) is 0 Å². The van der Waals surface area contributed by atoms with Gasteiger partial charge < -0.3 is 10.2 Å². The van der Waals surface area contributed by atoms with Gasteiger partial charge in [0, 0.05) is 51.7 Å². The van der Waals surface area contributed by atoms with Crippen molar-refractivity contribution in [3.05, 3.63) is 30.1 Å². The zero-order chi connectivity index (χ0) is 12.8. The maximum absolute atomic E-state index is 10.1. The highest BCUT2D eigenvalue weighted by Gasteiger charge is 2.19. The van der Waals surface area contributed by atoms with Gasteiger partial charge in [0.1, 0.15) is 0 Å². The van der Waals surface area contributed by atoms with Crippen molar-refractivity contribution in [2.24, 2.45) is 0 Å². The van der Waals surface area contributed by atoms with E-state index in [1.807, 2.05) is 12.1 Å². The highest BCUT2D eigenvalue weighted by molar-refractivity contribution is 5.13. The van der Waals surface area contributed by atoms with Crippen molar-refractivity contribution in [3.63, 3.8) is 0 Å². The first-order valence-electron chi connectivity index (χ1n) is 6.43. The van der Waals surface area contributed by atoms with Crippen LogP contribution in [-0.4, -0.2) is 70.9 Å². The summed E-state index contributed by atoms with van der Waals surface area (Å²) in [5, 5.41) is 19.0. The first kappa shape index (κ1) is 13.4. The molecule has 0 aromatic carbocycles. The van der Waals surface area contributed by atoms with Crippen molar-refractivity contribution in [1.82, 2.24) is 14.8 Å². The fourth-order valence-corrected chi connectivity index (χ4v) is 2.27. The summed E-state index contributed by atoms with van der Waals surface area (Å²) in [5.74, 6) is 0. The summed E-state index contributed by atoms with van der Waals surface area (Å²) in [4.78, 5) is 8.46. The topological polar surface area (TPSA) is 59.8 Å². The van der Waals surface area contributed by atoms with E-state index >= 15 is 0 Å². The molecule has 2 N–H and O–H groups in total. The zero-order valence-corrected chi connectivity index (χ0v) is 10.6. The molecule has 2 rings (SSSR count). The molecule has 18 heavy (non-hydrogen) atoms. The Bertz CT molecular complexity index is 339. The van der Waals surface area contributed by atoms with Gasteiger partial charge in [0.2, 0.25) is 0 Å². The predicted octanol–water partition coefficient (Wildman–Crippen LogP) is -0.275. The van der Waals surface area contributed by atoms with Crippen LogP contribution in [-0.2, 0) is 0 Å². The molecular formula is C13H21N3O2. The summed E-state index contributed by atoms with van der Waals surface area (Å²) in [5.41, 5.74) is 0.919. The van der Waals surface area contributed by atoms with E-state index in [2.05, 4.69) is 14.8 Å². The lowest BCUT2D eigenvalue weighted by molar-refractivity contribution is 0.0661. The fourth-order valence-electron chi connectivity index (χ4n) is 2.27. The summed E-state index contributed by atoms with van der Waals surface area (Å²) >= 11 is 0. The van der Waals surface area contributed by atoms with E-state index in [0.29, 0.717) is 6.54 Å². The summed E-state index contributed by atoms with van der Waals surface area (Å²) in [6, 6.07) is 3.71. The average molecular weight is 251 g/mol. The van der Waals surface area contributed by atoms with Crippen LogP contribution in [0.25, 0.3) is 0 Å². The van der Waals surface area contributed by atoms with E-state index in [1.165, 1.54) is 0 Å². The van der Waals surface area contributed by atoms with Crippen LogP contribution in [0.2, 0.25) is 0 Å². The molecule has 0 saturated carbocycles. The maximum Gasteiger partial charge on any atom is 0.0918 e. The van der Waals surface area contributed by atoms with Gasteiger partial charge in [-0.05, 0) is 17.7 Å². The third kappa shape index (κ3) is 3.74. The van der Waals surface area contributed by atoms with Crippen LogP contribution in [0.4, 0.5) is 0 Å². The van der Waals surface area contributed by atoms with Gasteiger partial charge >= 0.3 is 0 Å². The summed E-state index contributed by atoms with van der Waals surface area (Å²) in [6.07, 6.45) is 2.97. The standard InChI is InChI=1S/C13H21N3O2/c17-10-9-15-5-7-16(8-6-15)11-13(18)12-1-3-14-4-2-12/h1-4,13,17-18H,5-11H2. The van der Waals surface area contributed by atoms with Crippen LogP contribution < -0.4 is 0 Å². The normalized spacial score (nSPS) is 19.9. The van der Waals surface area contributed by atoms with Crippen LogP contribution in [0.1, 0.15) is 11.7 Å². The van der Waals surface area contributed by atoms with E-state index < -0.39 is 6.10 Å². The first-order chi connectivity index (χ1) is 8.79. The molecule has 0 spiro atoms. The van der Waals surface area contributed by atoms with Gasteiger partial charge in [-0.3, -0.25) is 14.8 Å². The van der Waals surface area contributed by atoms with E-state index in [1.54, 1.807) is 12.4 Å². The molecule has 1 unspecified atom stereocenters. The van der Waals surface area contributed by atoms with Gasteiger partial charge in [-0.2, -0.15) is 0 Å². The number of pyridine rings is 1. The molecule has 0 radical (unpaired) electrons. The van der Waals surface area contributed by atoms with Gasteiger partial charge in [-0.15, -0.1) is 0 Å². The summed E-state index contributed by atoms with van der Waals surface area (Å²) in [7, 11) is 0. The number of aliphatic hydroxyl groups is 2. The Morgan fingerprint density at radius 3 is 2.33 bits per heavy atom. The Kier molecular flexibility index (Phi) is 5.07. The van der Waals surface area contributed by atoms with Crippen LogP contribution in [0.5, 0.6) is 0 Å². The Balaban J connectivity index is 1.78. The number of aliphatic hydroxyl groups excluding tert-OH is 2. The van der Waals surface area contributed by atoms with Crippen molar-refractivity contribution >= 4 is 0 Å². The molecule has 1 fully saturated rings. The second kappa shape index (κ2) is 6.80. The van der Waals surface area contributed by atoms with E-state index in [0.717, 1.165) is 38.3 Å². The number of hydrogen-bond donors (Lipinski definition) is 2. The Morgan fingerprint density at radius 1 is 1.11 bits per heavy atom. The van der Waals surface area contributed by atoms with Crippen LogP contribution in [0.15, 0.2) is 24.5 Å². The minimum absolute atomic E-state index is 0.222. The maximum atomic E-state index is 10.1. The monoisotopic (exact) mass is 251 g/mol. The van der Waals surface area contributed by atoms with Crippen molar-refractivity contribution in [3.8, 4) is 0 Å². The quantitative estimate of drug-likeness (QED) is 0.754. The molecule has 0 bridgehead atoms. The SMILES string of the molecule is OCCN1CCN(CC(O)c2ccncc2)CC1. The Labute approximate surface area is 108 Å². The average Bonchev–Trinajstić information content (AvgIpc) is 2.42. The molecule has 1 atom stereocenters. The molecule has 5 heteroatoms.